The molecular weight excluding hydrogens is 483 g/mol. The Bertz CT molecular complexity index is 693. The van der Waals surface area contributed by atoms with Gasteiger partial charge in [-0.3, -0.25) is 4.79 Å². The zero-order valence-corrected chi connectivity index (χ0v) is 20.0. The minimum absolute atomic E-state index is 0. The van der Waals surface area contributed by atoms with E-state index >= 15 is 0 Å². The number of ether oxygens (including phenoxy) is 1. The second kappa shape index (κ2) is 11.5. The molecule has 1 atom stereocenters. The van der Waals surface area contributed by atoms with Crippen LogP contribution in [0.25, 0.3) is 0 Å². The number of morpholine rings is 1. The largest absolute Gasteiger partial charge is 0.375 e. The van der Waals surface area contributed by atoms with Gasteiger partial charge in [-0.25, -0.2) is 9.98 Å². The number of piperazine rings is 1. The van der Waals surface area contributed by atoms with Crippen LogP contribution in [0.4, 0.5) is 5.82 Å². The van der Waals surface area contributed by atoms with Gasteiger partial charge in [-0.2, -0.15) is 0 Å². The molecule has 2 aliphatic rings. The lowest BCUT2D eigenvalue weighted by atomic mass is 10.2. The molecule has 1 unspecified atom stereocenters. The summed E-state index contributed by atoms with van der Waals surface area (Å²) < 4.78 is 5.63. The number of aromatic nitrogens is 1. The molecular formula is C20H33IN6O2. The Kier molecular flexibility index (Phi) is 9.41. The maximum Gasteiger partial charge on any atom is 0.219 e. The van der Waals surface area contributed by atoms with Gasteiger partial charge >= 0.3 is 0 Å². The van der Waals surface area contributed by atoms with Crippen LogP contribution < -0.4 is 10.2 Å². The molecule has 3 heterocycles. The molecule has 2 fully saturated rings. The number of amides is 1. The molecule has 29 heavy (non-hydrogen) atoms. The summed E-state index contributed by atoms with van der Waals surface area (Å²) in [5, 5.41) is 3.38. The zero-order chi connectivity index (χ0) is 19.9. The molecule has 1 aromatic rings. The Labute approximate surface area is 190 Å². The second-order valence-corrected chi connectivity index (χ2v) is 7.31. The van der Waals surface area contributed by atoms with Crippen molar-refractivity contribution >= 4 is 41.7 Å². The highest BCUT2D eigenvalue weighted by atomic mass is 127. The highest BCUT2D eigenvalue weighted by molar-refractivity contribution is 14.0. The first-order valence-electron chi connectivity index (χ1n) is 10.2. The van der Waals surface area contributed by atoms with E-state index in [0.29, 0.717) is 6.54 Å². The van der Waals surface area contributed by atoms with Crippen LogP contribution in [0.5, 0.6) is 0 Å². The van der Waals surface area contributed by atoms with Gasteiger partial charge in [-0.05, 0) is 31.5 Å². The zero-order valence-electron chi connectivity index (χ0n) is 17.6. The van der Waals surface area contributed by atoms with Crippen molar-refractivity contribution < 1.29 is 9.53 Å². The topological polar surface area (TPSA) is 73.3 Å². The van der Waals surface area contributed by atoms with Crippen molar-refractivity contribution in [3.05, 3.63) is 23.9 Å². The normalized spacial score (nSPS) is 20.3. The highest BCUT2D eigenvalue weighted by Gasteiger charge is 2.21. The van der Waals surface area contributed by atoms with E-state index in [1.54, 1.807) is 6.92 Å². The smallest absolute Gasteiger partial charge is 0.219 e. The molecule has 1 N–H and O–H groups in total. The molecule has 9 heteroatoms. The quantitative estimate of drug-likeness (QED) is 0.372. The molecule has 1 amide bonds. The fourth-order valence-electron chi connectivity index (χ4n) is 3.58. The number of carbonyl (C=O) groups is 1. The van der Waals surface area contributed by atoms with Gasteiger partial charge in [0, 0.05) is 58.9 Å². The van der Waals surface area contributed by atoms with Crippen molar-refractivity contribution in [3.8, 4) is 0 Å². The first-order chi connectivity index (χ1) is 13.6. The standard InChI is InChI=1S/C20H32N6O2.HI/c1-4-21-20(25-9-7-24(8-10-25)17(3)27)23-14-18-5-6-22-19(13-18)26-11-12-28-16(2)15-26;/h5-6,13,16H,4,7-12,14-15H2,1-3H3,(H,21,23);1H. The fraction of sp³-hybridized carbons (Fsp3) is 0.650. The Morgan fingerprint density at radius 2 is 2.00 bits per heavy atom. The lowest BCUT2D eigenvalue weighted by Gasteiger charge is -2.36. The van der Waals surface area contributed by atoms with Gasteiger partial charge in [-0.1, -0.05) is 0 Å². The van der Waals surface area contributed by atoms with Crippen LogP contribution in [0, 0.1) is 0 Å². The van der Waals surface area contributed by atoms with Gasteiger partial charge < -0.3 is 24.8 Å². The maximum atomic E-state index is 11.5. The van der Waals surface area contributed by atoms with Crippen LogP contribution in [0.2, 0.25) is 0 Å². The van der Waals surface area contributed by atoms with Crippen molar-refractivity contribution in [2.75, 3.05) is 57.3 Å². The van der Waals surface area contributed by atoms with E-state index in [1.165, 1.54) is 0 Å². The number of hydrogen-bond donors (Lipinski definition) is 1. The van der Waals surface area contributed by atoms with E-state index in [2.05, 4.69) is 40.0 Å². The molecule has 2 saturated heterocycles. The molecule has 162 valence electrons. The molecule has 0 aliphatic carbocycles. The summed E-state index contributed by atoms with van der Waals surface area (Å²) in [7, 11) is 0. The fourth-order valence-corrected chi connectivity index (χ4v) is 3.58. The molecule has 0 bridgehead atoms. The van der Waals surface area contributed by atoms with E-state index in [4.69, 9.17) is 9.73 Å². The average molecular weight is 516 g/mol. The van der Waals surface area contributed by atoms with Gasteiger partial charge in [0.15, 0.2) is 5.96 Å². The Hall–Kier alpha value is -1.62. The Morgan fingerprint density at radius 1 is 1.28 bits per heavy atom. The summed E-state index contributed by atoms with van der Waals surface area (Å²) in [5.41, 5.74) is 1.14. The van der Waals surface area contributed by atoms with E-state index in [9.17, 15) is 4.79 Å². The molecule has 0 radical (unpaired) electrons. The Morgan fingerprint density at radius 3 is 2.66 bits per heavy atom. The van der Waals surface area contributed by atoms with Crippen molar-refractivity contribution in [1.82, 2.24) is 20.1 Å². The number of carbonyl (C=O) groups excluding carboxylic acids is 1. The number of aliphatic imine (C=N–C) groups is 1. The summed E-state index contributed by atoms with van der Waals surface area (Å²) in [6.07, 6.45) is 2.09. The van der Waals surface area contributed by atoms with Gasteiger partial charge in [0.2, 0.25) is 5.91 Å². The molecule has 8 nitrogen and oxygen atoms in total. The van der Waals surface area contributed by atoms with Crippen molar-refractivity contribution in [2.45, 2.75) is 33.4 Å². The maximum absolute atomic E-state index is 11.5. The van der Waals surface area contributed by atoms with Crippen LogP contribution in [0.1, 0.15) is 26.3 Å². The SMILES string of the molecule is CCNC(=NCc1ccnc(N2CCOC(C)C2)c1)N1CCN(C(C)=O)CC1.I. The third-order valence-electron chi connectivity index (χ3n) is 5.15. The summed E-state index contributed by atoms with van der Waals surface area (Å²) in [4.78, 5) is 27.3. The highest BCUT2D eigenvalue weighted by Crippen LogP contribution is 2.17. The van der Waals surface area contributed by atoms with Gasteiger partial charge in [0.05, 0.1) is 19.3 Å². The van der Waals surface area contributed by atoms with Crippen LogP contribution in [0.15, 0.2) is 23.3 Å². The number of nitrogens with zero attached hydrogens (tertiary/aromatic N) is 5. The third-order valence-corrected chi connectivity index (χ3v) is 5.15. The van der Waals surface area contributed by atoms with Crippen LogP contribution >= 0.6 is 24.0 Å². The molecule has 3 rings (SSSR count). The number of rotatable bonds is 4. The van der Waals surface area contributed by atoms with E-state index in [1.807, 2.05) is 17.2 Å². The molecule has 0 aromatic carbocycles. The van der Waals surface area contributed by atoms with Crippen LogP contribution in [-0.4, -0.2) is 85.2 Å². The lowest BCUT2D eigenvalue weighted by molar-refractivity contribution is -0.130. The molecule has 0 spiro atoms. The lowest BCUT2D eigenvalue weighted by Crippen LogP contribution is -2.53. The number of nitrogens with one attached hydrogen (secondary N) is 1. The Balaban J connectivity index is 0.00000300. The molecule has 1 aromatic heterocycles. The number of pyridine rings is 1. The minimum Gasteiger partial charge on any atom is -0.375 e. The summed E-state index contributed by atoms with van der Waals surface area (Å²) in [6.45, 7) is 12.8. The number of halogens is 1. The third kappa shape index (κ3) is 6.70. The van der Waals surface area contributed by atoms with Gasteiger partial charge in [-0.15, -0.1) is 24.0 Å². The molecule has 0 saturated carbocycles. The average Bonchev–Trinajstić information content (AvgIpc) is 2.71. The second-order valence-electron chi connectivity index (χ2n) is 7.31. The summed E-state index contributed by atoms with van der Waals surface area (Å²) in [6, 6.07) is 4.15. The minimum atomic E-state index is 0. The van der Waals surface area contributed by atoms with Crippen molar-refractivity contribution in [2.24, 2.45) is 4.99 Å². The van der Waals surface area contributed by atoms with Crippen LogP contribution in [0.3, 0.4) is 0 Å². The number of anilines is 1. The first kappa shape index (κ1) is 23.7. The number of guanidine groups is 1. The monoisotopic (exact) mass is 516 g/mol. The predicted molar refractivity (Wildman–Crippen MR) is 126 cm³/mol. The van der Waals surface area contributed by atoms with E-state index in [0.717, 1.165) is 69.8 Å². The van der Waals surface area contributed by atoms with Crippen molar-refractivity contribution in [3.63, 3.8) is 0 Å². The summed E-state index contributed by atoms with van der Waals surface area (Å²) >= 11 is 0. The number of hydrogen-bond acceptors (Lipinski definition) is 5. The van der Waals surface area contributed by atoms with E-state index < -0.39 is 0 Å². The van der Waals surface area contributed by atoms with E-state index in [-0.39, 0.29) is 36.0 Å². The summed E-state index contributed by atoms with van der Waals surface area (Å²) in [5.74, 6) is 2.04. The molecule has 2 aliphatic heterocycles. The van der Waals surface area contributed by atoms with Gasteiger partial charge in [0.25, 0.3) is 0 Å². The first-order valence-corrected chi connectivity index (χ1v) is 10.2. The predicted octanol–water partition coefficient (Wildman–Crippen LogP) is 1.55. The van der Waals surface area contributed by atoms with Gasteiger partial charge in [0.1, 0.15) is 5.82 Å². The van der Waals surface area contributed by atoms with Crippen molar-refractivity contribution in [1.29, 1.82) is 0 Å². The van der Waals surface area contributed by atoms with Crippen LogP contribution in [-0.2, 0) is 16.1 Å².